The first-order valence-electron chi connectivity index (χ1n) is 8.87. The van der Waals surface area contributed by atoms with Crippen molar-refractivity contribution in [3.05, 3.63) is 39.3 Å². The number of hydrogen-bond donors (Lipinski definition) is 1. The van der Waals surface area contributed by atoms with E-state index in [0.29, 0.717) is 12.5 Å². The van der Waals surface area contributed by atoms with Gasteiger partial charge in [-0.15, -0.1) is 11.3 Å². The van der Waals surface area contributed by atoms with Gasteiger partial charge >= 0.3 is 5.97 Å². The third kappa shape index (κ3) is 3.94. The van der Waals surface area contributed by atoms with Crippen LogP contribution in [0.4, 0.5) is 0 Å². The molecular weight excluding hydrogens is 338 g/mol. The van der Waals surface area contributed by atoms with E-state index < -0.39 is 5.97 Å². The van der Waals surface area contributed by atoms with Gasteiger partial charge in [0.25, 0.3) is 0 Å². The highest BCUT2D eigenvalue weighted by Gasteiger charge is 2.22. The van der Waals surface area contributed by atoms with Crippen LogP contribution in [0.25, 0.3) is 0 Å². The number of ether oxygens (including phenoxy) is 1. The van der Waals surface area contributed by atoms with Crippen molar-refractivity contribution in [2.75, 3.05) is 13.2 Å². The fourth-order valence-electron chi connectivity index (χ4n) is 3.55. The normalized spacial score (nSPS) is 20.7. The number of thiophene rings is 1. The fourth-order valence-corrected chi connectivity index (χ4v) is 4.69. The summed E-state index contributed by atoms with van der Waals surface area (Å²) in [6.07, 6.45) is 3.25. The molecule has 2 aliphatic heterocycles. The summed E-state index contributed by atoms with van der Waals surface area (Å²) in [6, 6.07) is 6.50. The van der Waals surface area contributed by atoms with Gasteiger partial charge in [-0.1, -0.05) is 0 Å². The van der Waals surface area contributed by atoms with E-state index in [1.165, 1.54) is 15.4 Å². The number of carboxylic acid groups (broad SMARTS) is 1. The number of fused-ring (bicyclic) bond motifs is 1. The van der Waals surface area contributed by atoms with E-state index >= 15 is 0 Å². The van der Waals surface area contributed by atoms with Gasteiger partial charge < -0.3 is 9.84 Å². The first-order chi connectivity index (χ1) is 12.2. The molecule has 134 valence electrons. The van der Waals surface area contributed by atoms with Crippen LogP contribution in [0.2, 0.25) is 0 Å². The van der Waals surface area contributed by atoms with Gasteiger partial charge in [0.05, 0.1) is 30.5 Å². The molecule has 25 heavy (non-hydrogen) atoms. The van der Waals surface area contributed by atoms with E-state index in [0.717, 1.165) is 51.3 Å². The van der Waals surface area contributed by atoms with E-state index in [1.54, 1.807) is 0 Å². The standard InChI is InChI=1S/C18H23N3O3S/c22-18(23)6-3-13-10-14-11-20(7-8-21(14)19-13)12-15-4-5-17(25-15)16-2-1-9-24-16/h4-5,10,16H,1-3,6-9,11-12H2,(H,22,23). The predicted octanol–water partition coefficient (Wildman–Crippen LogP) is 2.83. The zero-order chi connectivity index (χ0) is 17.2. The van der Waals surface area contributed by atoms with Gasteiger partial charge in [0.2, 0.25) is 0 Å². The molecule has 0 spiro atoms. The van der Waals surface area contributed by atoms with Crippen LogP contribution in [0.5, 0.6) is 0 Å². The van der Waals surface area contributed by atoms with Crippen LogP contribution in [0, 0.1) is 0 Å². The van der Waals surface area contributed by atoms with Crippen molar-refractivity contribution < 1.29 is 14.6 Å². The Labute approximate surface area is 151 Å². The van der Waals surface area contributed by atoms with Crippen LogP contribution < -0.4 is 0 Å². The van der Waals surface area contributed by atoms with E-state index in [-0.39, 0.29) is 6.42 Å². The van der Waals surface area contributed by atoms with Crippen molar-refractivity contribution >= 4 is 17.3 Å². The number of aliphatic carboxylic acids is 1. The maximum Gasteiger partial charge on any atom is 0.303 e. The molecule has 0 aromatic carbocycles. The highest BCUT2D eigenvalue weighted by atomic mass is 32.1. The lowest BCUT2D eigenvalue weighted by Gasteiger charge is -2.26. The number of aromatic nitrogens is 2. The van der Waals surface area contributed by atoms with Gasteiger partial charge in [-0.2, -0.15) is 5.10 Å². The molecular formula is C18H23N3O3S. The zero-order valence-electron chi connectivity index (χ0n) is 14.2. The van der Waals surface area contributed by atoms with Gasteiger partial charge in [0, 0.05) is 42.4 Å². The molecule has 2 aromatic heterocycles. The fraction of sp³-hybridized carbons (Fsp3) is 0.556. The first kappa shape index (κ1) is 16.8. The smallest absolute Gasteiger partial charge is 0.303 e. The molecule has 0 amide bonds. The summed E-state index contributed by atoms with van der Waals surface area (Å²) in [7, 11) is 0. The Morgan fingerprint density at radius 2 is 2.32 bits per heavy atom. The van der Waals surface area contributed by atoms with Crippen LogP contribution in [0.1, 0.15) is 46.5 Å². The monoisotopic (exact) mass is 361 g/mol. The Morgan fingerprint density at radius 1 is 1.40 bits per heavy atom. The minimum Gasteiger partial charge on any atom is -0.481 e. The molecule has 0 saturated carbocycles. The minimum absolute atomic E-state index is 0.140. The molecule has 0 aliphatic carbocycles. The van der Waals surface area contributed by atoms with Crippen molar-refractivity contribution in [2.45, 2.75) is 51.4 Å². The van der Waals surface area contributed by atoms with E-state index in [1.807, 2.05) is 16.0 Å². The Balaban J connectivity index is 1.36. The number of aryl methyl sites for hydroxylation is 1. The van der Waals surface area contributed by atoms with Gasteiger partial charge in [-0.05, 0) is 31.0 Å². The molecule has 0 radical (unpaired) electrons. The van der Waals surface area contributed by atoms with Crippen LogP contribution in [-0.2, 0) is 35.6 Å². The Hall–Kier alpha value is -1.70. The minimum atomic E-state index is -0.771. The average Bonchev–Trinajstić information content (AvgIpc) is 3.32. The molecule has 1 atom stereocenters. The quantitative estimate of drug-likeness (QED) is 0.857. The molecule has 2 aliphatic rings. The lowest BCUT2D eigenvalue weighted by molar-refractivity contribution is -0.136. The molecule has 2 aromatic rings. The van der Waals surface area contributed by atoms with E-state index in [2.05, 4.69) is 28.2 Å². The number of rotatable bonds is 6. The largest absolute Gasteiger partial charge is 0.481 e. The summed E-state index contributed by atoms with van der Waals surface area (Å²) < 4.78 is 7.80. The van der Waals surface area contributed by atoms with Crippen molar-refractivity contribution in [3.8, 4) is 0 Å². The Bertz CT molecular complexity index is 749. The number of hydrogen-bond acceptors (Lipinski definition) is 5. The average molecular weight is 361 g/mol. The lowest BCUT2D eigenvalue weighted by atomic mass is 10.2. The van der Waals surface area contributed by atoms with Crippen LogP contribution in [-0.4, -0.2) is 38.9 Å². The number of nitrogens with zero attached hydrogens (tertiary/aromatic N) is 3. The summed E-state index contributed by atoms with van der Waals surface area (Å²) in [4.78, 5) is 15.9. The van der Waals surface area contributed by atoms with E-state index in [9.17, 15) is 4.79 Å². The zero-order valence-corrected chi connectivity index (χ0v) is 15.0. The third-order valence-electron chi connectivity index (χ3n) is 4.83. The van der Waals surface area contributed by atoms with Gasteiger partial charge in [0.15, 0.2) is 0 Å². The van der Waals surface area contributed by atoms with Crippen molar-refractivity contribution in [2.24, 2.45) is 0 Å². The van der Waals surface area contributed by atoms with Gasteiger partial charge in [0.1, 0.15) is 0 Å². The summed E-state index contributed by atoms with van der Waals surface area (Å²) >= 11 is 1.87. The maximum absolute atomic E-state index is 10.7. The van der Waals surface area contributed by atoms with Crippen LogP contribution >= 0.6 is 11.3 Å². The van der Waals surface area contributed by atoms with Crippen LogP contribution in [0.3, 0.4) is 0 Å². The summed E-state index contributed by atoms with van der Waals surface area (Å²) in [5, 5.41) is 13.3. The maximum atomic E-state index is 10.7. The molecule has 1 unspecified atom stereocenters. The molecule has 4 heterocycles. The van der Waals surface area contributed by atoms with Crippen LogP contribution in [0.15, 0.2) is 18.2 Å². The first-order valence-corrected chi connectivity index (χ1v) is 9.69. The molecule has 1 fully saturated rings. The summed E-state index contributed by atoms with van der Waals surface area (Å²) in [5.41, 5.74) is 2.07. The second-order valence-electron chi connectivity index (χ2n) is 6.76. The third-order valence-corrected chi connectivity index (χ3v) is 5.99. The molecule has 6 nitrogen and oxygen atoms in total. The van der Waals surface area contributed by atoms with Crippen molar-refractivity contribution in [3.63, 3.8) is 0 Å². The molecule has 7 heteroatoms. The van der Waals surface area contributed by atoms with E-state index in [4.69, 9.17) is 9.84 Å². The highest BCUT2D eigenvalue weighted by Crippen LogP contribution is 2.34. The SMILES string of the molecule is O=C(O)CCc1cc2n(n1)CCN(Cc1ccc(C3CCCO3)s1)C2. The second kappa shape index (κ2) is 7.27. The molecule has 1 saturated heterocycles. The van der Waals surface area contributed by atoms with Crippen molar-refractivity contribution in [1.82, 2.24) is 14.7 Å². The Kier molecular flexibility index (Phi) is 4.87. The summed E-state index contributed by atoms with van der Waals surface area (Å²) in [6.45, 7) is 4.55. The lowest BCUT2D eigenvalue weighted by Crippen LogP contribution is -2.33. The highest BCUT2D eigenvalue weighted by molar-refractivity contribution is 7.12. The Morgan fingerprint density at radius 3 is 3.12 bits per heavy atom. The molecule has 1 N–H and O–H groups in total. The molecule has 4 rings (SSSR count). The second-order valence-corrected chi connectivity index (χ2v) is 7.96. The van der Waals surface area contributed by atoms with Crippen molar-refractivity contribution in [1.29, 1.82) is 0 Å². The number of carbonyl (C=O) groups is 1. The van der Waals surface area contributed by atoms with Gasteiger partial charge in [-0.3, -0.25) is 14.4 Å². The number of carboxylic acids is 1. The summed E-state index contributed by atoms with van der Waals surface area (Å²) in [5.74, 6) is -0.771. The topological polar surface area (TPSA) is 67.6 Å². The predicted molar refractivity (Wildman–Crippen MR) is 94.5 cm³/mol. The van der Waals surface area contributed by atoms with Gasteiger partial charge in [-0.25, -0.2) is 0 Å². The molecule has 0 bridgehead atoms.